The molecule has 1 unspecified atom stereocenters. The van der Waals surface area contributed by atoms with Gasteiger partial charge in [0.2, 0.25) is 0 Å². The molecule has 4 heteroatoms. The fourth-order valence-corrected chi connectivity index (χ4v) is 1.51. The molecule has 1 heterocycles. The predicted octanol–water partition coefficient (Wildman–Crippen LogP) is 2.75. The maximum absolute atomic E-state index is 12.4. The molecule has 0 aliphatic carbocycles. The van der Waals surface area contributed by atoms with Gasteiger partial charge in [0.15, 0.2) is 5.60 Å². The van der Waals surface area contributed by atoms with E-state index in [1.54, 1.807) is 0 Å². The van der Waals surface area contributed by atoms with Crippen molar-refractivity contribution in [2.45, 2.75) is 38.5 Å². The molecule has 0 saturated carbocycles. The number of alkyl halides is 3. The van der Waals surface area contributed by atoms with Crippen LogP contribution in [0, 0.1) is 5.92 Å². The largest absolute Gasteiger partial charge is 0.417 e. The van der Waals surface area contributed by atoms with Crippen LogP contribution in [0.3, 0.4) is 0 Å². The molecule has 0 radical (unpaired) electrons. The Balaban J connectivity index is 2.70. The molecule has 0 aromatic heterocycles. The van der Waals surface area contributed by atoms with Crippen molar-refractivity contribution >= 4 is 0 Å². The SMILES string of the molecule is C[C@H]1CCOC(C)(C(F)(F)F)C1. The van der Waals surface area contributed by atoms with E-state index < -0.39 is 11.8 Å². The summed E-state index contributed by atoms with van der Waals surface area (Å²) in [5.41, 5.74) is -1.91. The summed E-state index contributed by atoms with van der Waals surface area (Å²) in [6.07, 6.45) is -3.43. The highest BCUT2D eigenvalue weighted by molar-refractivity contribution is 4.88. The van der Waals surface area contributed by atoms with Crippen molar-refractivity contribution < 1.29 is 17.9 Å². The van der Waals surface area contributed by atoms with E-state index in [1.165, 1.54) is 0 Å². The first-order chi connectivity index (χ1) is 5.35. The Kier molecular flexibility index (Phi) is 2.38. The minimum atomic E-state index is -4.23. The molecule has 0 aromatic carbocycles. The Morgan fingerprint density at radius 2 is 2.00 bits per heavy atom. The minimum absolute atomic E-state index is 0.0799. The second-order valence-corrected chi connectivity index (χ2v) is 3.68. The number of ether oxygens (including phenoxy) is 1. The molecule has 1 nitrogen and oxygen atoms in total. The molecule has 0 spiro atoms. The topological polar surface area (TPSA) is 9.23 Å². The average Bonchev–Trinajstić information content (AvgIpc) is 1.83. The Bertz CT molecular complexity index is 166. The van der Waals surface area contributed by atoms with Gasteiger partial charge in [-0.05, 0) is 25.7 Å². The predicted molar refractivity (Wildman–Crippen MR) is 38.8 cm³/mol. The van der Waals surface area contributed by atoms with Gasteiger partial charge in [-0.15, -0.1) is 0 Å². The van der Waals surface area contributed by atoms with Gasteiger partial charge >= 0.3 is 6.18 Å². The summed E-state index contributed by atoms with van der Waals surface area (Å²) in [6.45, 7) is 3.17. The lowest BCUT2D eigenvalue weighted by Gasteiger charge is -2.38. The van der Waals surface area contributed by atoms with Gasteiger partial charge < -0.3 is 4.74 Å². The quantitative estimate of drug-likeness (QED) is 0.559. The van der Waals surface area contributed by atoms with Gasteiger partial charge in [-0.1, -0.05) is 6.92 Å². The highest BCUT2D eigenvalue weighted by Crippen LogP contribution is 2.41. The van der Waals surface area contributed by atoms with Crippen LogP contribution in [0.15, 0.2) is 0 Å². The molecule has 1 aliphatic rings. The van der Waals surface area contributed by atoms with Crippen LogP contribution in [0.4, 0.5) is 13.2 Å². The van der Waals surface area contributed by atoms with Crippen LogP contribution < -0.4 is 0 Å². The zero-order valence-corrected chi connectivity index (χ0v) is 7.24. The fraction of sp³-hybridized carbons (Fsp3) is 1.00. The highest BCUT2D eigenvalue weighted by atomic mass is 19.4. The van der Waals surface area contributed by atoms with Crippen molar-refractivity contribution in [3.8, 4) is 0 Å². The van der Waals surface area contributed by atoms with Gasteiger partial charge in [0.05, 0.1) is 0 Å². The molecule has 12 heavy (non-hydrogen) atoms. The lowest BCUT2D eigenvalue weighted by molar-refractivity contribution is -0.287. The molecular weight excluding hydrogens is 169 g/mol. The molecule has 0 aromatic rings. The van der Waals surface area contributed by atoms with Crippen LogP contribution in [0.1, 0.15) is 26.7 Å². The molecule has 1 saturated heterocycles. The fourth-order valence-electron chi connectivity index (χ4n) is 1.51. The van der Waals surface area contributed by atoms with E-state index in [9.17, 15) is 13.2 Å². The maximum atomic E-state index is 12.4. The number of rotatable bonds is 0. The summed E-state index contributed by atoms with van der Waals surface area (Å²) in [5, 5.41) is 0. The third-order valence-corrected chi connectivity index (χ3v) is 2.37. The van der Waals surface area contributed by atoms with Crippen molar-refractivity contribution in [3.05, 3.63) is 0 Å². The monoisotopic (exact) mass is 182 g/mol. The molecule has 2 atom stereocenters. The molecule has 1 fully saturated rings. The maximum Gasteiger partial charge on any atom is 0.417 e. The molecule has 0 amide bonds. The zero-order valence-electron chi connectivity index (χ0n) is 7.24. The van der Waals surface area contributed by atoms with Gasteiger partial charge in [0.25, 0.3) is 0 Å². The smallest absolute Gasteiger partial charge is 0.366 e. The number of halogens is 3. The highest BCUT2D eigenvalue weighted by Gasteiger charge is 2.53. The van der Waals surface area contributed by atoms with Crippen molar-refractivity contribution in [1.82, 2.24) is 0 Å². The lowest BCUT2D eigenvalue weighted by atomic mass is 9.88. The van der Waals surface area contributed by atoms with Gasteiger partial charge in [0, 0.05) is 6.61 Å². The van der Waals surface area contributed by atoms with Crippen LogP contribution in [0.5, 0.6) is 0 Å². The lowest BCUT2D eigenvalue weighted by Crippen LogP contribution is -2.48. The average molecular weight is 182 g/mol. The van der Waals surface area contributed by atoms with Gasteiger partial charge in [-0.2, -0.15) is 13.2 Å². The molecule has 0 N–H and O–H groups in total. The first-order valence-electron chi connectivity index (χ1n) is 4.06. The molecular formula is C8H13F3O. The van der Waals surface area contributed by atoms with E-state index in [2.05, 4.69) is 0 Å². The Hall–Kier alpha value is -0.250. The van der Waals surface area contributed by atoms with Crippen LogP contribution in [0.2, 0.25) is 0 Å². The van der Waals surface area contributed by atoms with Crippen molar-refractivity contribution in [2.75, 3.05) is 6.61 Å². The third kappa shape index (κ3) is 1.73. The van der Waals surface area contributed by atoms with Gasteiger partial charge in [-0.25, -0.2) is 0 Å². The van der Waals surface area contributed by atoms with Gasteiger partial charge in [0.1, 0.15) is 0 Å². The molecule has 1 rings (SSSR count). The number of hydrogen-bond donors (Lipinski definition) is 0. The minimum Gasteiger partial charge on any atom is -0.366 e. The van der Waals surface area contributed by atoms with Crippen molar-refractivity contribution in [3.63, 3.8) is 0 Å². The van der Waals surface area contributed by atoms with Crippen molar-refractivity contribution in [1.29, 1.82) is 0 Å². The number of hydrogen-bond acceptors (Lipinski definition) is 1. The molecule has 1 aliphatic heterocycles. The van der Waals surface area contributed by atoms with Crippen LogP contribution in [-0.2, 0) is 4.74 Å². The second kappa shape index (κ2) is 2.91. The van der Waals surface area contributed by atoms with E-state index >= 15 is 0 Å². The van der Waals surface area contributed by atoms with E-state index in [0.717, 1.165) is 13.3 Å². The summed E-state index contributed by atoms with van der Waals surface area (Å²) in [6, 6.07) is 0. The summed E-state index contributed by atoms with van der Waals surface area (Å²) in [7, 11) is 0. The van der Waals surface area contributed by atoms with Crippen molar-refractivity contribution in [2.24, 2.45) is 5.92 Å². The normalized spacial score (nSPS) is 38.2. The summed E-state index contributed by atoms with van der Waals surface area (Å²) < 4.78 is 41.9. The van der Waals surface area contributed by atoms with E-state index in [1.807, 2.05) is 6.92 Å². The third-order valence-electron chi connectivity index (χ3n) is 2.37. The van der Waals surface area contributed by atoms with Crippen LogP contribution >= 0.6 is 0 Å². The van der Waals surface area contributed by atoms with E-state index in [4.69, 9.17) is 4.74 Å². The van der Waals surface area contributed by atoms with Crippen LogP contribution in [0.25, 0.3) is 0 Å². The van der Waals surface area contributed by atoms with Crippen LogP contribution in [-0.4, -0.2) is 18.4 Å². The summed E-state index contributed by atoms with van der Waals surface area (Å²) in [5.74, 6) is 0.102. The first kappa shape index (κ1) is 9.84. The molecule has 0 bridgehead atoms. The summed E-state index contributed by atoms with van der Waals surface area (Å²) >= 11 is 0. The summed E-state index contributed by atoms with van der Waals surface area (Å²) in [4.78, 5) is 0. The Morgan fingerprint density at radius 3 is 2.33 bits per heavy atom. The second-order valence-electron chi connectivity index (χ2n) is 3.68. The standard InChI is InChI=1S/C8H13F3O/c1-6-3-4-12-7(2,5-6)8(9,10)11/h6H,3-5H2,1-2H3/t6-,7?/m0/s1. The van der Waals surface area contributed by atoms with Gasteiger partial charge in [-0.3, -0.25) is 0 Å². The zero-order chi connectivity index (χ0) is 9.41. The Morgan fingerprint density at radius 1 is 1.42 bits per heavy atom. The van der Waals surface area contributed by atoms with E-state index in [-0.39, 0.29) is 18.9 Å². The van der Waals surface area contributed by atoms with E-state index in [0.29, 0.717) is 0 Å². The first-order valence-corrected chi connectivity index (χ1v) is 4.06. The molecule has 72 valence electrons. The Labute approximate surface area is 69.9 Å².